The van der Waals surface area contributed by atoms with Crippen molar-refractivity contribution in [1.29, 1.82) is 0 Å². The van der Waals surface area contributed by atoms with Gasteiger partial charge in [0.2, 0.25) is 5.92 Å². The molecule has 8 nitrogen and oxygen atoms in total. The molecular weight excluding hydrogens is 548 g/mol. The van der Waals surface area contributed by atoms with E-state index in [4.69, 9.17) is 9.26 Å². The lowest BCUT2D eigenvalue weighted by molar-refractivity contribution is -0.939. The second kappa shape index (κ2) is 9.87. The van der Waals surface area contributed by atoms with Crippen LogP contribution in [0.1, 0.15) is 37.0 Å². The molecule has 2 bridgehead atoms. The number of quaternary nitrogens is 1. The van der Waals surface area contributed by atoms with Crippen molar-refractivity contribution in [3.05, 3.63) is 34.7 Å². The van der Waals surface area contributed by atoms with Crippen molar-refractivity contribution < 1.29 is 54.2 Å². The summed E-state index contributed by atoms with van der Waals surface area (Å²) >= 11 is 1.17. The molecule has 0 aromatic carbocycles. The molecular formula is C23H28BrF2N3O5S. The predicted octanol–water partition coefficient (Wildman–Crippen LogP) is 0.154. The van der Waals surface area contributed by atoms with E-state index in [9.17, 15) is 23.5 Å². The summed E-state index contributed by atoms with van der Waals surface area (Å²) in [6.45, 7) is 2.23. The molecule has 4 aliphatic rings. The number of esters is 1. The number of hydrogen-bond donors (Lipinski definition) is 2. The first-order chi connectivity index (χ1) is 16.2. The number of hydrogen-bond acceptors (Lipinski definition) is 7. The van der Waals surface area contributed by atoms with Crippen LogP contribution in [0.2, 0.25) is 0 Å². The van der Waals surface area contributed by atoms with Crippen molar-refractivity contribution in [2.45, 2.75) is 49.7 Å². The molecule has 3 aliphatic heterocycles. The van der Waals surface area contributed by atoms with Crippen molar-refractivity contribution in [3.63, 3.8) is 0 Å². The molecule has 2 aromatic heterocycles. The maximum absolute atomic E-state index is 14.0. The molecule has 2 aromatic rings. The number of carbonyl (C=O) groups excluding carboxylic acids is 2. The van der Waals surface area contributed by atoms with Crippen LogP contribution in [0, 0.1) is 11.8 Å². The SMILES string of the molecule is O=C(C[N+]12CCC(CC1)C(OC(=O)[C@@](O)(c1cccs1)C1CCC(F)(F)C1)C2)Nc1ccon1.[Br-]. The van der Waals surface area contributed by atoms with Gasteiger partial charge in [0.25, 0.3) is 5.91 Å². The van der Waals surface area contributed by atoms with Gasteiger partial charge in [-0.25, -0.2) is 13.6 Å². The number of nitrogens with zero attached hydrogens (tertiary/aromatic N) is 2. The highest BCUT2D eigenvalue weighted by Gasteiger charge is 2.57. The van der Waals surface area contributed by atoms with Gasteiger partial charge < -0.3 is 41.1 Å². The average molecular weight is 576 g/mol. The molecule has 2 unspecified atom stereocenters. The maximum atomic E-state index is 14.0. The third-order valence-corrected chi connectivity index (χ3v) is 8.68. The van der Waals surface area contributed by atoms with E-state index in [1.54, 1.807) is 23.6 Å². The lowest BCUT2D eigenvalue weighted by Gasteiger charge is -2.51. The van der Waals surface area contributed by atoms with Gasteiger partial charge >= 0.3 is 5.97 Å². The van der Waals surface area contributed by atoms with Crippen LogP contribution in [0.5, 0.6) is 0 Å². The Morgan fingerprint density at radius 3 is 2.69 bits per heavy atom. The Morgan fingerprint density at radius 1 is 1.31 bits per heavy atom. The number of anilines is 1. The first-order valence-corrected chi connectivity index (χ1v) is 12.5. The normalized spacial score (nSPS) is 30.8. The second-order valence-corrected chi connectivity index (χ2v) is 10.8. The van der Waals surface area contributed by atoms with E-state index in [2.05, 4.69) is 10.5 Å². The first kappa shape index (κ1) is 26.2. The monoisotopic (exact) mass is 575 g/mol. The van der Waals surface area contributed by atoms with Crippen molar-refractivity contribution in [3.8, 4) is 0 Å². The minimum absolute atomic E-state index is 0. The Labute approximate surface area is 216 Å². The fourth-order valence-electron chi connectivity index (χ4n) is 5.84. The summed E-state index contributed by atoms with van der Waals surface area (Å²) in [4.78, 5) is 26.4. The van der Waals surface area contributed by atoms with Crippen molar-refractivity contribution in [1.82, 2.24) is 5.16 Å². The molecule has 1 aliphatic carbocycles. The topological polar surface area (TPSA) is 102 Å². The van der Waals surface area contributed by atoms with E-state index in [0.717, 1.165) is 25.9 Å². The number of aliphatic hydroxyl groups is 1. The molecule has 3 saturated heterocycles. The fraction of sp³-hybridized carbons (Fsp3) is 0.609. The summed E-state index contributed by atoms with van der Waals surface area (Å²) in [7, 11) is 0. The van der Waals surface area contributed by atoms with Crippen LogP contribution in [-0.4, -0.2) is 64.8 Å². The van der Waals surface area contributed by atoms with Gasteiger partial charge in [0.05, 0.1) is 13.1 Å². The van der Waals surface area contributed by atoms with Crippen molar-refractivity contribution in [2.75, 3.05) is 31.5 Å². The summed E-state index contributed by atoms with van der Waals surface area (Å²) in [5.74, 6) is -4.42. The second-order valence-electron chi connectivity index (χ2n) is 9.88. The van der Waals surface area contributed by atoms with Crippen molar-refractivity contribution >= 4 is 29.0 Å². The van der Waals surface area contributed by atoms with E-state index < -0.39 is 35.9 Å². The van der Waals surface area contributed by atoms with Gasteiger partial charge in [-0.05, 0) is 17.9 Å². The Kier molecular flexibility index (Phi) is 7.38. The standard InChI is InChI=1S/C23H27F2N3O5S.BrH/c24-22(25)7-3-16(12-22)23(31,18-2-1-11-34-18)21(30)33-17-13-28(8-4-15(17)5-9-28)14-20(29)26-19-6-10-32-27-19;/h1-2,6,10-11,15-17,31H,3-5,7-9,12-14H2;1H/t15?,16?,17?,23-,28?;/m0./s1. The van der Waals surface area contributed by atoms with Crippen LogP contribution in [-0.2, 0) is 19.9 Å². The van der Waals surface area contributed by atoms with Gasteiger partial charge in [0, 0.05) is 48.5 Å². The zero-order valence-electron chi connectivity index (χ0n) is 19.0. The molecule has 192 valence electrons. The van der Waals surface area contributed by atoms with Crippen LogP contribution in [0.25, 0.3) is 0 Å². The molecule has 3 atom stereocenters. The van der Waals surface area contributed by atoms with Gasteiger partial charge in [0.15, 0.2) is 24.1 Å². The lowest BCUT2D eigenvalue weighted by atomic mass is 9.82. The minimum Gasteiger partial charge on any atom is -1.00 e. The molecule has 4 fully saturated rings. The molecule has 35 heavy (non-hydrogen) atoms. The van der Waals surface area contributed by atoms with Crippen LogP contribution in [0.3, 0.4) is 0 Å². The van der Waals surface area contributed by atoms with E-state index in [0.29, 0.717) is 21.7 Å². The summed E-state index contributed by atoms with van der Waals surface area (Å²) in [6.07, 6.45) is 1.61. The molecule has 2 N–H and O–H groups in total. The number of ether oxygens (including phenoxy) is 1. The number of carbonyl (C=O) groups is 2. The van der Waals surface area contributed by atoms with Crippen molar-refractivity contribution in [2.24, 2.45) is 11.8 Å². The van der Waals surface area contributed by atoms with Crippen LogP contribution >= 0.6 is 11.3 Å². The highest BCUT2D eigenvalue weighted by molar-refractivity contribution is 7.10. The van der Waals surface area contributed by atoms with E-state index >= 15 is 0 Å². The molecule has 5 heterocycles. The smallest absolute Gasteiger partial charge is 0.344 e. The highest BCUT2D eigenvalue weighted by atomic mass is 79.9. The molecule has 0 radical (unpaired) electrons. The number of thiophene rings is 1. The number of amides is 1. The molecule has 6 rings (SSSR count). The average Bonchev–Trinajstić information content (AvgIpc) is 3.56. The highest BCUT2D eigenvalue weighted by Crippen LogP contribution is 2.49. The van der Waals surface area contributed by atoms with Crippen LogP contribution < -0.4 is 22.3 Å². The van der Waals surface area contributed by atoms with Gasteiger partial charge in [-0.15, -0.1) is 11.3 Å². The van der Waals surface area contributed by atoms with Crippen LogP contribution in [0.4, 0.5) is 14.6 Å². The van der Waals surface area contributed by atoms with Gasteiger partial charge in [-0.2, -0.15) is 0 Å². The molecule has 0 spiro atoms. The maximum Gasteiger partial charge on any atom is 0.344 e. The third kappa shape index (κ3) is 5.16. The largest absolute Gasteiger partial charge is 1.00 e. The Morgan fingerprint density at radius 2 is 2.09 bits per heavy atom. The fourth-order valence-corrected chi connectivity index (χ4v) is 6.73. The number of nitrogens with one attached hydrogen (secondary N) is 1. The summed E-state index contributed by atoms with van der Waals surface area (Å²) < 4.78 is 39.1. The van der Waals surface area contributed by atoms with E-state index in [1.807, 2.05) is 0 Å². The molecule has 1 saturated carbocycles. The van der Waals surface area contributed by atoms with E-state index in [-0.39, 0.29) is 48.2 Å². The van der Waals surface area contributed by atoms with E-state index in [1.165, 1.54) is 17.6 Å². The number of rotatable bonds is 7. The van der Waals surface area contributed by atoms with Gasteiger partial charge in [0.1, 0.15) is 12.8 Å². The number of halogens is 3. The first-order valence-electron chi connectivity index (χ1n) is 11.6. The zero-order valence-corrected chi connectivity index (χ0v) is 21.4. The summed E-state index contributed by atoms with van der Waals surface area (Å²) in [5, 5.41) is 19.7. The number of alkyl halides is 2. The predicted molar refractivity (Wildman–Crippen MR) is 118 cm³/mol. The summed E-state index contributed by atoms with van der Waals surface area (Å²) in [5.41, 5.74) is -2.10. The zero-order chi connectivity index (χ0) is 24.0. The Hall–Kier alpha value is -1.89. The summed E-state index contributed by atoms with van der Waals surface area (Å²) in [6, 6.07) is 4.84. The minimum atomic E-state index is -2.90. The Balaban J connectivity index is 0.00000289. The Bertz CT molecular complexity index is 1030. The number of aromatic nitrogens is 1. The van der Waals surface area contributed by atoms with Crippen LogP contribution in [0.15, 0.2) is 34.4 Å². The third-order valence-electron chi connectivity index (χ3n) is 7.69. The van der Waals surface area contributed by atoms with Gasteiger partial charge in [-0.3, -0.25) is 4.79 Å². The number of fused-ring (bicyclic) bond motifs is 3. The number of piperidine rings is 3. The lowest BCUT2D eigenvalue weighted by Crippen LogP contribution is -3.00. The van der Waals surface area contributed by atoms with Gasteiger partial charge in [-0.1, -0.05) is 11.2 Å². The quantitative estimate of drug-likeness (QED) is 0.360. The molecule has 12 heteroatoms. The molecule has 1 amide bonds.